The van der Waals surface area contributed by atoms with Crippen LogP contribution in [0.4, 0.5) is 0 Å². The summed E-state index contributed by atoms with van der Waals surface area (Å²) in [4.78, 5) is 0. The second-order valence-electron chi connectivity index (χ2n) is 4.59. The van der Waals surface area contributed by atoms with Crippen LogP contribution in [-0.2, 0) is 0 Å². The van der Waals surface area contributed by atoms with Gasteiger partial charge < -0.3 is 5.11 Å². The van der Waals surface area contributed by atoms with E-state index in [0.717, 1.165) is 0 Å². The van der Waals surface area contributed by atoms with Crippen LogP contribution in [0.2, 0.25) is 0 Å². The van der Waals surface area contributed by atoms with Crippen LogP contribution in [0.15, 0.2) is 12.7 Å². The minimum atomic E-state index is -0.540. The molecule has 0 spiro atoms. The fourth-order valence-corrected chi connectivity index (χ4v) is 2.30. The zero-order valence-electron chi connectivity index (χ0n) is 8.92. The molecule has 13 heavy (non-hydrogen) atoms. The molecule has 0 amide bonds. The van der Waals surface area contributed by atoms with E-state index in [9.17, 15) is 5.11 Å². The molecule has 1 rings (SSSR count). The lowest BCUT2D eigenvalue weighted by Crippen LogP contribution is -2.41. The molecule has 2 unspecified atom stereocenters. The molecule has 0 aromatic heterocycles. The van der Waals surface area contributed by atoms with E-state index in [1.54, 1.807) is 0 Å². The summed E-state index contributed by atoms with van der Waals surface area (Å²) >= 11 is 0. The highest BCUT2D eigenvalue weighted by Crippen LogP contribution is 2.37. The third-order valence-electron chi connectivity index (χ3n) is 3.71. The maximum Gasteiger partial charge on any atom is 0.0707 e. The Morgan fingerprint density at radius 2 is 1.92 bits per heavy atom. The zero-order valence-corrected chi connectivity index (χ0v) is 8.92. The van der Waals surface area contributed by atoms with E-state index in [1.807, 2.05) is 13.0 Å². The van der Waals surface area contributed by atoms with Gasteiger partial charge in [0.15, 0.2) is 0 Å². The summed E-state index contributed by atoms with van der Waals surface area (Å²) in [6.07, 6.45) is 8.15. The Balaban J connectivity index is 2.60. The molecular formula is C12H22O. The highest BCUT2D eigenvalue weighted by Gasteiger charge is 2.35. The highest BCUT2D eigenvalue weighted by molar-refractivity contribution is 4.95. The molecule has 0 aliphatic heterocycles. The molecule has 0 bridgehead atoms. The molecular weight excluding hydrogens is 160 g/mol. The van der Waals surface area contributed by atoms with Crippen molar-refractivity contribution in [2.24, 2.45) is 11.8 Å². The molecule has 0 radical (unpaired) electrons. The Kier molecular flexibility index (Phi) is 3.55. The van der Waals surface area contributed by atoms with Gasteiger partial charge in [-0.2, -0.15) is 0 Å². The summed E-state index contributed by atoms with van der Waals surface area (Å²) in [7, 11) is 0. The van der Waals surface area contributed by atoms with Crippen molar-refractivity contribution in [2.75, 3.05) is 0 Å². The van der Waals surface area contributed by atoms with Crippen LogP contribution in [0.5, 0.6) is 0 Å². The summed E-state index contributed by atoms with van der Waals surface area (Å²) in [5.41, 5.74) is -0.540. The monoisotopic (exact) mass is 182 g/mol. The van der Waals surface area contributed by atoms with Crippen LogP contribution in [0, 0.1) is 11.8 Å². The molecule has 1 saturated carbocycles. The standard InChI is InChI=1S/C12H22O/c1-4-10(2)12(3,13)11-8-6-5-7-9-11/h4,10-11,13H,1,5-9H2,2-3H3. The zero-order chi connectivity index (χ0) is 9.90. The Labute approximate surface area is 81.9 Å². The molecule has 0 heterocycles. The first kappa shape index (κ1) is 10.8. The van der Waals surface area contributed by atoms with Gasteiger partial charge in [-0.05, 0) is 25.7 Å². The highest BCUT2D eigenvalue weighted by atomic mass is 16.3. The Bertz CT molecular complexity index is 166. The minimum Gasteiger partial charge on any atom is -0.389 e. The maximum absolute atomic E-state index is 10.3. The first-order valence-electron chi connectivity index (χ1n) is 5.44. The average molecular weight is 182 g/mol. The lowest BCUT2D eigenvalue weighted by atomic mass is 9.72. The fraction of sp³-hybridized carbons (Fsp3) is 0.833. The van der Waals surface area contributed by atoms with E-state index in [1.165, 1.54) is 32.1 Å². The number of hydrogen-bond acceptors (Lipinski definition) is 1. The van der Waals surface area contributed by atoms with Gasteiger partial charge in [0.05, 0.1) is 5.60 Å². The normalized spacial score (nSPS) is 26.4. The van der Waals surface area contributed by atoms with E-state index in [-0.39, 0.29) is 5.92 Å². The summed E-state index contributed by atoms with van der Waals surface area (Å²) in [5, 5.41) is 10.3. The molecule has 1 N–H and O–H groups in total. The second-order valence-corrected chi connectivity index (χ2v) is 4.59. The van der Waals surface area contributed by atoms with Gasteiger partial charge in [0, 0.05) is 5.92 Å². The third kappa shape index (κ3) is 2.34. The third-order valence-corrected chi connectivity index (χ3v) is 3.71. The lowest BCUT2D eigenvalue weighted by molar-refractivity contribution is -0.0455. The summed E-state index contributed by atoms with van der Waals surface area (Å²) in [6, 6.07) is 0. The largest absolute Gasteiger partial charge is 0.389 e. The van der Waals surface area contributed by atoms with Gasteiger partial charge >= 0.3 is 0 Å². The van der Waals surface area contributed by atoms with Gasteiger partial charge in [-0.25, -0.2) is 0 Å². The van der Waals surface area contributed by atoms with Crippen molar-refractivity contribution < 1.29 is 5.11 Å². The number of aliphatic hydroxyl groups is 1. The predicted octanol–water partition coefficient (Wildman–Crippen LogP) is 3.14. The van der Waals surface area contributed by atoms with Gasteiger partial charge in [0.25, 0.3) is 0 Å². The molecule has 0 aromatic carbocycles. The van der Waals surface area contributed by atoms with E-state index >= 15 is 0 Å². The summed E-state index contributed by atoms with van der Waals surface area (Å²) < 4.78 is 0. The van der Waals surface area contributed by atoms with Crippen LogP contribution in [-0.4, -0.2) is 10.7 Å². The second kappa shape index (κ2) is 4.28. The Morgan fingerprint density at radius 3 is 2.38 bits per heavy atom. The van der Waals surface area contributed by atoms with Crippen LogP contribution in [0.25, 0.3) is 0 Å². The fourth-order valence-electron chi connectivity index (χ4n) is 2.30. The van der Waals surface area contributed by atoms with Crippen molar-refractivity contribution in [3.8, 4) is 0 Å². The van der Waals surface area contributed by atoms with Crippen LogP contribution in [0.3, 0.4) is 0 Å². The molecule has 76 valence electrons. The SMILES string of the molecule is C=CC(C)C(C)(O)C1CCCCC1. The maximum atomic E-state index is 10.3. The molecule has 0 aromatic rings. The summed E-state index contributed by atoms with van der Waals surface area (Å²) in [6.45, 7) is 7.79. The van der Waals surface area contributed by atoms with E-state index < -0.39 is 5.60 Å². The molecule has 1 aliphatic rings. The molecule has 2 atom stereocenters. The van der Waals surface area contributed by atoms with E-state index in [0.29, 0.717) is 5.92 Å². The molecule has 1 nitrogen and oxygen atoms in total. The van der Waals surface area contributed by atoms with Gasteiger partial charge in [-0.15, -0.1) is 6.58 Å². The minimum absolute atomic E-state index is 0.204. The van der Waals surface area contributed by atoms with Crippen molar-refractivity contribution in [1.29, 1.82) is 0 Å². The van der Waals surface area contributed by atoms with Crippen LogP contribution < -0.4 is 0 Å². The van der Waals surface area contributed by atoms with Crippen molar-refractivity contribution in [3.63, 3.8) is 0 Å². The lowest BCUT2D eigenvalue weighted by Gasteiger charge is -2.38. The predicted molar refractivity (Wildman–Crippen MR) is 56.6 cm³/mol. The topological polar surface area (TPSA) is 20.2 Å². The van der Waals surface area contributed by atoms with Gasteiger partial charge in [-0.1, -0.05) is 32.3 Å². The van der Waals surface area contributed by atoms with Gasteiger partial charge in [0.1, 0.15) is 0 Å². The first-order valence-corrected chi connectivity index (χ1v) is 5.44. The van der Waals surface area contributed by atoms with Crippen molar-refractivity contribution in [2.45, 2.75) is 51.6 Å². The van der Waals surface area contributed by atoms with Crippen molar-refractivity contribution >= 4 is 0 Å². The van der Waals surface area contributed by atoms with Crippen molar-refractivity contribution in [3.05, 3.63) is 12.7 Å². The van der Waals surface area contributed by atoms with E-state index in [2.05, 4.69) is 13.5 Å². The Morgan fingerprint density at radius 1 is 1.38 bits per heavy atom. The average Bonchev–Trinajstić information content (AvgIpc) is 2.18. The number of hydrogen-bond donors (Lipinski definition) is 1. The molecule has 1 heteroatoms. The van der Waals surface area contributed by atoms with Crippen molar-refractivity contribution in [1.82, 2.24) is 0 Å². The molecule has 1 aliphatic carbocycles. The van der Waals surface area contributed by atoms with Crippen LogP contribution >= 0.6 is 0 Å². The molecule has 0 saturated heterocycles. The molecule has 1 fully saturated rings. The summed E-state index contributed by atoms with van der Waals surface area (Å²) in [5.74, 6) is 0.685. The van der Waals surface area contributed by atoms with E-state index in [4.69, 9.17) is 0 Å². The van der Waals surface area contributed by atoms with Gasteiger partial charge in [0.2, 0.25) is 0 Å². The number of rotatable bonds is 3. The van der Waals surface area contributed by atoms with Gasteiger partial charge in [-0.3, -0.25) is 0 Å². The Hall–Kier alpha value is -0.300. The quantitative estimate of drug-likeness (QED) is 0.665. The smallest absolute Gasteiger partial charge is 0.0707 e. The van der Waals surface area contributed by atoms with Crippen LogP contribution in [0.1, 0.15) is 46.0 Å². The first-order chi connectivity index (χ1) is 6.09.